The van der Waals surface area contributed by atoms with Gasteiger partial charge in [-0.25, -0.2) is 8.78 Å². The summed E-state index contributed by atoms with van der Waals surface area (Å²) < 4.78 is 26.9. The van der Waals surface area contributed by atoms with Crippen LogP contribution in [0.25, 0.3) is 0 Å². The first-order chi connectivity index (χ1) is 9.97. The molecule has 0 bridgehead atoms. The molecule has 0 aromatic heterocycles. The lowest BCUT2D eigenvalue weighted by Gasteiger charge is -2.15. The second-order valence-electron chi connectivity index (χ2n) is 5.66. The summed E-state index contributed by atoms with van der Waals surface area (Å²) in [5.41, 5.74) is 2.78. The van der Waals surface area contributed by atoms with Crippen LogP contribution in [0, 0.1) is 11.6 Å². The number of halogens is 2. The maximum atomic E-state index is 13.7. The monoisotopic (exact) mass is 289 g/mol. The molecule has 0 amide bonds. The molecule has 1 nitrogen and oxygen atoms in total. The maximum absolute atomic E-state index is 13.7. The molecule has 2 rings (SSSR count). The largest absolute Gasteiger partial charge is 0.306 e. The third-order valence-electron chi connectivity index (χ3n) is 3.68. The van der Waals surface area contributed by atoms with Gasteiger partial charge >= 0.3 is 0 Å². The summed E-state index contributed by atoms with van der Waals surface area (Å²) in [7, 11) is 0. The van der Waals surface area contributed by atoms with E-state index < -0.39 is 5.82 Å². The van der Waals surface area contributed by atoms with Crippen LogP contribution < -0.4 is 5.32 Å². The van der Waals surface area contributed by atoms with E-state index in [1.165, 1.54) is 17.7 Å². The summed E-state index contributed by atoms with van der Waals surface area (Å²) in [5.74, 6) is -0.291. The van der Waals surface area contributed by atoms with Crippen molar-refractivity contribution < 1.29 is 8.78 Å². The predicted octanol–water partition coefficient (Wildman–Crippen LogP) is 4.94. The van der Waals surface area contributed by atoms with Crippen LogP contribution in [0.3, 0.4) is 0 Å². The summed E-state index contributed by atoms with van der Waals surface area (Å²) in [4.78, 5) is 0. The van der Waals surface area contributed by atoms with Gasteiger partial charge in [-0.1, -0.05) is 38.1 Å². The average molecular weight is 289 g/mol. The van der Waals surface area contributed by atoms with Crippen LogP contribution in [0.15, 0.2) is 42.5 Å². The van der Waals surface area contributed by atoms with Crippen molar-refractivity contribution >= 4 is 0 Å². The van der Waals surface area contributed by atoms with Gasteiger partial charge in [0.25, 0.3) is 0 Å². The molecule has 0 saturated carbocycles. The SMILES string of the molecule is CC(C)c1ccc(CNC(C)c2cc(F)ccc2F)cc1. The Kier molecular flexibility index (Phi) is 5.07. The summed E-state index contributed by atoms with van der Waals surface area (Å²) in [6, 6.07) is 11.6. The molecule has 2 aromatic carbocycles. The zero-order chi connectivity index (χ0) is 15.4. The lowest BCUT2D eigenvalue weighted by atomic mass is 10.0. The summed E-state index contributed by atoms with van der Waals surface area (Å²) >= 11 is 0. The molecule has 0 radical (unpaired) electrons. The van der Waals surface area contributed by atoms with Gasteiger partial charge < -0.3 is 5.32 Å². The van der Waals surface area contributed by atoms with Crippen molar-refractivity contribution in [1.29, 1.82) is 0 Å². The van der Waals surface area contributed by atoms with Crippen LogP contribution >= 0.6 is 0 Å². The van der Waals surface area contributed by atoms with E-state index >= 15 is 0 Å². The summed E-state index contributed by atoms with van der Waals surface area (Å²) in [6.07, 6.45) is 0. The van der Waals surface area contributed by atoms with Gasteiger partial charge in [-0.2, -0.15) is 0 Å². The molecule has 0 aliphatic rings. The first-order valence-corrected chi connectivity index (χ1v) is 7.24. The van der Waals surface area contributed by atoms with Crippen molar-refractivity contribution in [3.63, 3.8) is 0 Å². The first kappa shape index (κ1) is 15.6. The van der Waals surface area contributed by atoms with Gasteiger partial charge in [0.15, 0.2) is 0 Å². The minimum absolute atomic E-state index is 0.245. The molecule has 0 saturated heterocycles. The van der Waals surface area contributed by atoms with Crippen molar-refractivity contribution in [2.45, 2.75) is 39.3 Å². The smallest absolute Gasteiger partial charge is 0.128 e. The molecular weight excluding hydrogens is 268 g/mol. The standard InChI is InChI=1S/C18H21F2N/c1-12(2)15-6-4-14(5-7-15)11-21-13(3)17-10-16(19)8-9-18(17)20/h4-10,12-13,21H,11H2,1-3H3. The molecule has 0 spiro atoms. The van der Waals surface area contributed by atoms with Gasteiger partial charge in [-0.05, 0) is 42.2 Å². The van der Waals surface area contributed by atoms with Crippen LogP contribution in [0.5, 0.6) is 0 Å². The molecule has 0 aliphatic carbocycles. The van der Waals surface area contributed by atoms with E-state index in [0.717, 1.165) is 11.6 Å². The van der Waals surface area contributed by atoms with E-state index in [9.17, 15) is 8.78 Å². The Morgan fingerprint density at radius 3 is 2.24 bits per heavy atom. The summed E-state index contributed by atoms with van der Waals surface area (Å²) in [6.45, 7) is 6.76. The van der Waals surface area contributed by atoms with E-state index in [4.69, 9.17) is 0 Å². The van der Waals surface area contributed by atoms with Crippen molar-refractivity contribution in [3.05, 3.63) is 70.8 Å². The van der Waals surface area contributed by atoms with Crippen molar-refractivity contribution in [3.8, 4) is 0 Å². The van der Waals surface area contributed by atoms with Gasteiger partial charge in [-0.3, -0.25) is 0 Å². The van der Waals surface area contributed by atoms with E-state index in [1.54, 1.807) is 0 Å². The highest BCUT2D eigenvalue weighted by Crippen LogP contribution is 2.19. The Morgan fingerprint density at radius 1 is 0.952 bits per heavy atom. The molecule has 0 aliphatic heterocycles. The molecule has 21 heavy (non-hydrogen) atoms. The van der Waals surface area contributed by atoms with Crippen LogP contribution in [-0.4, -0.2) is 0 Å². The molecule has 0 fully saturated rings. The highest BCUT2D eigenvalue weighted by molar-refractivity contribution is 5.25. The zero-order valence-corrected chi connectivity index (χ0v) is 12.7. The molecule has 1 N–H and O–H groups in total. The number of nitrogens with one attached hydrogen (secondary N) is 1. The van der Waals surface area contributed by atoms with Crippen molar-refractivity contribution in [1.82, 2.24) is 5.32 Å². The van der Waals surface area contributed by atoms with Crippen molar-refractivity contribution in [2.75, 3.05) is 0 Å². The van der Waals surface area contributed by atoms with E-state index in [-0.39, 0.29) is 11.9 Å². The fourth-order valence-electron chi connectivity index (χ4n) is 2.25. The second-order valence-corrected chi connectivity index (χ2v) is 5.66. The van der Waals surface area contributed by atoms with E-state index in [1.807, 2.05) is 6.92 Å². The highest BCUT2D eigenvalue weighted by atomic mass is 19.1. The van der Waals surface area contributed by atoms with Gasteiger partial charge in [-0.15, -0.1) is 0 Å². The van der Waals surface area contributed by atoms with Crippen LogP contribution in [-0.2, 0) is 6.54 Å². The van der Waals surface area contributed by atoms with E-state index in [2.05, 4.69) is 43.4 Å². The third kappa shape index (κ3) is 4.11. The van der Waals surface area contributed by atoms with E-state index in [0.29, 0.717) is 18.0 Å². The minimum Gasteiger partial charge on any atom is -0.306 e. The molecule has 112 valence electrons. The van der Waals surface area contributed by atoms with Crippen molar-refractivity contribution in [2.24, 2.45) is 0 Å². The van der Waals surface area contributed by atoms with Gasteiger partial charge in [0, 0.05) is 18.2 Å². The fraction of sp³-hybridized carbons (Fsp3) is 0.333. The number of hydrogen-bond acceptors (Lipinski definition) is 1. The molecule has 0 heterocycles. The lowest BCUT2D eigenvalue weighted by molar-refractivity contribution is 0.518. The molecule has 1 atom stereocenters. The van der Waals surface area contributed by atoms with Gasteiger partial charge in [0.05, 0.1) is 0 Å². The predicted molar refractivity (Wildman–Crippen MR) is 82.1 cm³/mol. The zero-order valence-electron chi connectivity index (χ0n) is 12.7. The van der Waals surface area contributed by atoms with Crippen LogP contribution in [0.1, 0.15) is 49.4 Å². The average Bonchev–Trinajstić information content (AvgIpc) is 2.47. The van der Waals surface area contributed by atoms with Crippen LogP contribution in [0.4, 0.5) is 8.78 Å². The molecular formula is C18H21F2N. The Labute approximate surface area is 125 Å². The van der Waals surface area contributed by atoms with Gasteiger partial charge in [0.1, 0.15) is 11.6 Å². The fourth-order valence-corrected chi connectivity index (χ4v) is 2.25. The Balaban J connectivity index is 2.00. The number of benzene rings is 2. The topological polar surface area (TPSA) is 12.0 Å². The second kappa shape index (κ2) is 6.81. The minimum atomic E-state index is -0.415. The molecule has 1 unspecified atom stereocenters. The third-order valence-corrected chi connectivity index (χ3v) is 3.68. The summed E-state index contributed by atoms with van der Waals surface area (Å²) in [5, 5.41) is 3.23. The van der Waals surface area contributed by atoms with Gasteiger partial charge in [0.2, 0.25) is 0 Å². The molecule has 3 heteroatoms. The Morgan fingerprint density at radius 2 is 1.62 bits per heavy atom. The first-order valence-electron chi connectivity index (χ1n) is 7.24. The quantitative estimate of drug-likeness (QED) is 0.822. The normalized spacial score (nSPS) is 12.7. The molecule has 2 aromatic rings. The maximum Gasteiger partial charge on any atom is 0.128 e. The lowest BCUT2D eigenvalue weighted by Crippen LogP contribution is -2.19. The Hall–Kier alpha value is -1.74. The number of rotatable bonds is 5. The number of hydrogen-bond donors (Lipinski definition) is 1. The van der Waals surface area contributed by atoms with Crippen LogP contribution in [0.2, 0.25) is 0 Å². The Bertz CT molecular complexity index is 591. The highest BCUT2D eigenvalue weighted by Gasteiger charge is 2.11.